The molecule has 0 aromatic heterocycles. The van der Waals surface area contributed by atoms with Gasteiger partial charge in [-0.05, 0) is 6.42 Å². The quantitative estimate of drug-likeness (QED) is 0.387. The summed E-state index contributed by atoms with van der Waals surface area (Å²) in [5, 5.41) is 10.6. The molecule has 0 fully saturated rings. The maximum absolute atomic E-state index is 10.8. The van der Waals surface area contributed by atoms with Crippen molar-refractivity contribution < 1.29 is 19.5 Å². The molecule has 0 unspecified atom stereocenters. The summed E-state index contributed by atoms with van der Waals surface area (Å²) in [6.07, 6.45) is -0.269. The van der Waals surface area contributed by atoms with Gasteiger partial charge in [0.15, 0.2) is 0 Å². The number of carbonyl (C=O) groups is 3. The van der Waals surface area contributed by atoms with Crippen molar-refractivity contribution in [2.75, 3.05) is 6.54 Å². The lowest BCUT2D eigenvalue weighted by Gasteiger charge is -2.13. The molecule has 0 saturated heterocycles. The summed E-state index contributed by atoms with van der Waals surface area (Å²) in [4.78, 5) is 31.7. The fourth-order valence-electron chi connectivity index (χ4n) is 0.807. The summed E-state index contributed by atoms with van der Waals surface area (Å²) in [5.41, 5.74) is 9.93. The molecule has 7 heteroatoms. The Balaban J connectivity index is 4.09. The van der Waals surface area contributed by atoms with Gasteiger partial charge in [0.2, 0.25) is 11.8 Å². The number of primary amides is 1. The van der Waals surface area contributed by atoms with Crippen molar-refractivity contribution in [3.63, 3.8) is 0 Å². The second kappa shape index (κ2) is 5.92. The van der Waals surface area contributed by atoms with E-state index >= 15 is 0 Å². The molecule has 1 atom stereocenters. The summed E-state index contributed by atoms with van der Waals surface area (Å²) in [7, 11) is 0. The Labute approximate surface area is 80.4 Å². The molecule has 0 aliphatic rings. The minimum atomic E-state index is -1.06. The third-order valence-electron chi connectivity index (χ3n) is 1.51. The number of nitrogens with one attached hydrogen (secondary N) is 1. The van der Waals surface area contributed by atoms with Crippen LogP contribution >= 0.6 is 0 Å². The Hall–Kier alpha value is -1.63. The number of aliphatic carboxylic acids is 1. The average Bonchev–Trinajstić information content (AvgIpc) is 2.10. The lowest BCUT2D eigenvalue weighted by Crippen LogP contribution is -2.46. The van der Waals surface area contributed by atoms with E-state index in [4.69, 9.17) is 16.6 Å². The van der Waals surface area contributed by atoms with Crippen LogP contribution in [0.3, 0.4) is 0 Å². The van der Waals surface area contributed by atoms with Gasteiger partial charge in [0.05, 0.1) is 6.54 Å². The molecule has 0 aromatic carbocycles. The van der Waals surface area contributed by atoms with Gasteiger partial charge in [-0.25, -0.2) is 0 Å². The van der Waals surface area contributed by atoms with E-state index in [1.807, 2.05) is 0 Å². The number of nitrogens with two attached hydrogens (primary N) is 2. The van der Waals surface area contributed by atoms with Gasteiger partial charge >= 0.3 is 5.97 Å². The topological polar surface area (TPSA) is 136 Å². The van der Waals surface area contributed by atoms with E-state index in [2.05, 4.69) is 5.32 Å². The van der Waals surface area contributed by atoms with Crippen molar-refractivity contribution >= 4 is 17.8 Å². The van der Waals surface area contributed by atoms with Crippen molar-refractivity contribution in [2.45, 2.75) is 18.9 Å². The van der Waals surface area contributed by atoms with E-state index in [9.17, 15) is 14.4 Å². The number of carboxylic acid groups (broad SMARTS) is 1. The number of carboxylic acids is 1. The molecule has 0 aliphatic carbocycles. The first-order valence-electron chi connectivity index (χ1n) is 3.98. The molecule has 0 aliphatic heterocycles. The molecule has 2 amide bonds. The van der Waals surface area contributed by atoms with Crippen molar-refractivity contribution in [3.05, 3.63) is 0 Å². The van der Waals surface area contributed by atoms with E-state index in [1.54, 1.807) is 0 Å². The number of amides is 2. The smallest absolute Gasteiger partial charge is 0.303 e. The number of hydrogen-bond donors (Lipinski definition) is 4. The third kappa shape index (κ3) is 5.09. The first kappa shape index (κ1) is 12.4. The maximum atomic E-state index is 10.8. The van der Waals surface area contributed by atoms with Crippen LogP contribution in [0.5, 0.6) is 0 Å². The average molecular weight is 203 g/mol. The number of carbonyl (C=O) groups excluding carboxylic acids is 2. The zero-order chi connectivity index (χ0) is 11.1. The second-order valence-corrected chi connectivity index (χ2v) is 2.66. The van der Waals surface area contributed by atoms with Crippen LogP contribution in [0.15, 0.2) is 0 Å². The van der Waals surface area contributed by atoms with Crippen LogP contribution < -0.4 is 16.8 Å². The molecule has 0 rings (SSSR count). The standard InChI is InChI=1S/C7H13N3O4/c8-3-5(11)10-4(7(9)14)1-2-6(12)13/h4H,1-3,8H2,(H2,9,14)(H,10,11)(H,12,13)/t4-/m1/s1. The molecule has 0 bridgehead atoms. The van der Waals surface area contributed by atoms with Crippen molar-refractivity contribution in [1.82, 2.24) is 5.32 Å². The van der Waals surface area contributed by atoms with Crippen LogP contribution in [0.1, 0.15) is 12.8 Å². The first-order chi connectivity index (χ1) is 6.47. The summed E-state index contributed by atoms with van der Waals surface area (Å²) in [6.45, 7) is -0.267. The Kier molecular flexibility index (Phi) is 5.23. The van der Waals surface area contributed by atoms with Crippen LogP contribution in [-0.4, -0.2) is 35.5 Å². The van der Waals surface area contributed by atoms with Crippen molar-refractivity contribution in [2.24, 2.45) is 11.5 Å². The highest BCUT2D eigenvalue weighted by atomic mass is 16.4. The Morgan fingerprint density at radius 2 is 1.93 bits per heavy atom. The Bertz CT molecular complexity index is 241. The van der Waals surface area contributed by atoms with Gasteiger partial charge in [0.25, 0.3) is 0 Å². The van der Waals surface area contributed by atoms with Crippen LogP contribution in [0.25, 0.3) is 0 Å². The summed E-state index contributed by atoms with van der Waals surface area (Å²) < 4.78 is 0. The van der Waals surface area contributed by atoms with Crippen molar-refractivity contribution in [1.29, 1.82) is 0 Å². The zero-order valence-electron chi connectivity index (χ0n) is 7.53. The normalized spacial score (nSPS) is 11.8. The molecule has 0 saturated carbocycles. The molecule has 0 heterocycles. The highest BCUT2D eigenvalue weighted by molar-refractivity contribution is 5.87. The highest BCUT2D eigenvalue weighted by Crippen LogP contribution is 1.96. The molecule has 0 aromatic rings. The highest BCUT2D eigenvalue weighted by Gasteiger charge is 2.18. The lowest BCUT2D eigenvalue weighted by molar-refractivity contribution is -0.137. The zero-order valence-corrected chi connectivity index (χ0v) is 7.53. The first-order valence-corrected chi connectivity index (χ1v) is 3.98. The van der Waals surface area contributed by atoms with Gasteiger partial charge in [0.1, 0.15) is 6.04 Å². The fraction of sp³-hybridized carbons (Fsp3) is 0.571. The van der Waals surface area contributed by atoms with Gasteiger partial charge in [-0.3, -0.25) is 14.4 Å². The van der Waals surface area contributed by atoms with Gasteiger partial charge in [-0.1, -0.05) is 0 Å². The predicted octanol–water partition coefficient (Wildman–Crippen LogP) is -2.22. The van der Waals surface area contributed by atoms with Gasteiger partial charge in [-0.15, -0.1) is 0 Å². The molecule has 7 nitrogen and oxygen atoms in total. The molecule has 0 spiro atoms. The maximum Gasteiger partial charge on any atom is 0.303 e. The fourth-order valence-corrected chi connectivity index (χ4v) is 0.807. The van der Waals surface area contributed by atoms with Crippen LogP contribution in [-0.2, 0) is 14.4 Å². The molecule has 80 valence electrons. The van der Waals surface area contributed by atoms with E-state index in [-0.39, 0.29) is 19.4 Å². The SMILES string of the molecule is NCC(=O)N[C@H](CCC(=O)O)C(N)=O. The Morgan fingerprint density at radius 3 is 2.29 bits per heavy atom. The largest absolute Gasteiger partial charge is 0.481 e. The van der Waals surface area contributed by atoms with Gasteiger partial charge in [0, 0.05) is 6.42 Å². The predicted molar refractivity (Wildman–Crippen MR) is 47.0 cm³/mol. The molecule has 0 radical (unpaired) electrons. The summed E-state index contributed by atoms with van der Waals surface area (Å²) in [6, 6.07) is -0.970. The summed E-state index contributed by atoms with van der Waals surface area (Å²) >= 11 is 0. The molecule has 14 heavy (non-hydrogen) atoms. The molecular formula is C7H13N3O4. The Morgan fingerprint density at radius 1 is 1.36 bits per heavy atom. The van der Waals surface area contributed by atoms with Gasteiger partial charge < -0.3 is 21.9 Å². The van der Waals surface area contributed by atoms with Crippen LogP contribution in [0.4, 0.5) is 0 Å². The van der Waals surface area contributed by atoms with Crippen molar-refractivity contribution in [3.8, 4) is 0 Å². The summed E-state index contributed by atoms with van der Waals surface area (Å²) in [5.74, 6) is -2.37. The number of rotatable bonds is 6. The van der Waals surface area contributed by atoms with E-state index in [0.29, 0.717) is 0 Å². The third-order valence-corrected chi connectivity index (χ3v) is 1.51. The number of hydrogen-bond acceptors (Lipinski definition) is 4. The molecule has 6 N–H and O–H groups in total. The van der Waals surface area contributed by atoms with E-state index < -0.39 is 23.8 Å². The lowest BCUT2D eigenvalue weighted by atomic mass is 10.1. The van der Waals surface area contributed by atoms with Gasteiger partial charge in [-0.2, -0.15) is 0 Å². The second-order valence-electron chi connectivity index (χ2n) is 2.66. The van der Waals surface area contributed by atoms with E-state index in [0.717, 1.165) is 0 Å². The van der Waals surface area contributed by atoms with Crippen LogP contribution in [0, 0.1) is 0 Å². The van der Waals surface area contributed by atoms with Crippen LogP contribution in [0.2, 0.25) is 0 Å². The molecular weight excluding hydrogens is 190 g/mol. The minimum absolute atomic E-state index is 0.0313. The minimum Gasteiger partial charge on any atom is -0.481 e. The van der Waals surface area contributed by atoms with E-state index in [1.165, 1.54) is 0 Å². The monoisotopic (exact) mass is 203 g/mol.